The second kappa shape index (κ2) is 10.5. The van der Waals surface area contributed by atoms with Gasteiger partial charge in [0.25, 0.3) is 5.91 Å². The largest absolute Gasteiger partial charge is 0.455 e. The molecule has 1 amide bonds. The summed E-state index contributed by atoms with van der Waals surface area (Å²) in [6.45, 7) is 9.18. The third kappa shape index (κ3) is 6.68. The zero-order valence-electron chi connectivity index (χ0n) is 17.2. The fraction of sp³-hybridized carbons (Fsp3) is 0.524. The summed E-state index contributed by atoms with van der Waals surface area (Å²) in [7, 11) is -3.49. The van der Waals surface area contributed by atoms with E-state index in [0.29, 0.717) is 31.7 Å². The van der Waals surface area contributed by atoms with Gasteiger partial charge in [-0.25, -0.2) is 8.42 Å². The number of benzene rings is 1. The Morgan fingerprint density at radius 3 is 2.31 bits per heavy atom. The summed E-state index contributed by atoms with van der Waals surface area (Å²) >= 11 is 0. The normalized spacial score (nSPS) is 15.0. The first-order valence-electron chi connectivity index (χ1n) is 9.91. The van der Waals surface area contributed by atoms with E-state index in [2.05, 4.69) is 6.58 Å². The van der Waals surface area contributed by atoms with E-state index in [1.807, 2.05) is 13.8 Å². The van der Waals surface area contributed by atoms with E-state index in [4.69, 9.17) is 4.74 Å². The van der Waals surface area contributed by atoms with E-state index in [0.717, 1.165) is 24.8 Å². The lowest BCUT2D eigenvalue weighted by Gasteiger charge is -2.25. The molecule has 1 aromatic rings. The van der Waals surface area contributed by atoms with Crippen molar-refractivity contribution in [3.8, 4) is 0 Å². The van der Waals surface area contributed by atoms with Gasteiger partial charge in [0.2, 0.25) is 10.0 Å². The summed E-state index contributed by atoms with van der Waals surface area (Å²) in [5.74, 6) is -0.803. The maximum atomic E-state index is 12.7. The van der Waals surface area contributed by atoms with Crippen molar-refractivity contribution in [3.63, 3.8) is 0 Å². The summed E-state index contributed by atoms with van der Waals surface area (Å²) in [6, 6.07) is 6.26. The molecule has 7 nitrogen and oxygen atoms in total. The molecule has 1 fully saturated rings. The van der Waals surface area contributed by atoms with Crippen LogP contribution in [0.3, 0.4) is 0 Å². The lowest BCUT2D eigenvalue weighted by molar-refractivity contribution is -0.151. The van der Waals surface area contributed by atoms with Crippen LogP contribution in [0.4, 0.5) is 0 Å². The molecule has 0 bridgehead atoms. The molecule has 2 rings (SSSR count). The molecule has 0 spiro atoms. The molecule has 0 unspecified atom stereocenters. The molecule has 8 heteroatoms. The van der Waals surface area contributed by atoms with Gasteiger partial charge in [0.1, 0.15) is 0 Å². The first-order valence-corrected chi connectivity index (χ1v) is 11.3. The average molecular weight is 423 g/mol. The predicted octanol–water partition coefficient (Wildman–Crippen LogP) is 2.37. The van der Waals surface area contributed by atoms with Gasteiger partial charge in [-0.05, 0) is 44.4 Å². The quantitative estimate of drug-likeness (QED) is 0.451. The first-order chi connectivity index (χ1) is 13.7. The van der Waals surface area contributed by atoms with Crippen molar-refractivity contribution >= 4 is 21.9 Å². The molecule has 0 aliphatic carbocycles. The van der Waals surface area contributed by atoms with Crippen LogP contribution in [0.25, 0.3) is 0 Å². The van der Waals surface area contributed by atoms with E-state index in [-0.39, 0.29) is 23.8 Å². The molecule has 0 atom stereocenters. The molecular formula is C21H30N2O5S. The van der Waals surface area contributed by atoms with Gasteiger partial charge >= 0.3 is 5.97 Å². The Hall–Kier alpha value is -2.19. The molecule has 160 valence electrons. The van der Waals surface area contributed by atoms with Crippen LogP contribution in [-0.2, 0) is 30.8 Å². The Balaban J connectivity index is 1.89. The van der Waals surface area contributed by atoms with Crippen molar-refractivity contribution in [2.75, 3.05) is 32.8 Å². The third-order valence-electron chi connectivity index (χ3n) is 4.78. The van der Waals surface area contributed by atoms with Crippen LogP contribution >= 0.6 is 0 Å². The Kier molecular flexibility index (Phi) is 8.40. The van der Waals surface area contributed by atoms with E-state index in [1.54, 1.807) is 17.0 Å². The van der Waals surface area contributed by atoms with Crippen LogP contribution < -0.4 is 0 Å². The smallest absolute Gasteiger partial charge is 0.310 e. The van der Waals surface area contributed by atoms with Gasteiger partial charge in [0.15, 0.2) is 6.61 Å². The van der Waals surface area contributed by atoms with Crippen LogP contribution in [0, 0.1) is 0 Å². The SMILES string of the molecule is C=C(C)CN(CC)C(=O)COC(=O)Cc1ccc(S(=O)(=O)N2CCCCC2)cc1. The Labute approximate surface area is 173 Å². The maximum Gasteiger partial charge on any atom is 0.310 e. The minimum absolute atomic E-state index is 0.0239. The van der Waals surface area contributed by atoms with Gasteiger partial charge in [-0.15, -0.1) is 0 Å². The molecule has 0 aromatic heterocycles. The molecular weight excluding hydrogens is 392 g/mol. The van der Waals surface area contributed by atoms with Gasteiger partial charge in [-0.2, -0.15) is 4.31 Å². The van der Waals surface area contributed by atoms with Gasteiger partial charge < -0.3 is 9.64 Å². The molecule has 1 saturated heterocycles. The molecule has 0 saturated carbocycles. The monoisotopic (exact) mass is 422 g/mol. The summed E-state index contributed by atoms with van der Waals surface area (Å²) < 4.78 is 31.9. The fourth-order valence-corrected chi connectivity index (χ4v) is 4.70. The maximum absolute atomic E-state index is 12.7. The van der Waals surface area contributed by atoms with Crippen LogP contribution in [0.15, 0.2) is 41.3 Å². The number of sulfonamides is 1. The number of likely N-dealkylation sites (N-methyl/N-ethyl adjacent to an activating group) is 1. The number of esters is 1. The van der Waals surface area contributed by atoms with Crippen LogP contribution in [0.2, 0.25) is 0 Å². The van der Waals surface area contributed by atoms with E-state index < -0.39 is 16.0 Å². The summed E-state index contributed by atoms with van der Waals surface area (Å²) in [6.07, 6.45) is 2.79. The topological polar surface area (TPSA) is 84.0 Å². The van der Waals surface area contributed by atoms with E-state index in [9.17, 15) is 18.0 Å². The van der Waals surface area contributed by atoms with Gasteiger partial charge in [0.05, 0.1) is 11.3 Å². The Morgan fingerprint density at radius 1 is 1.14 bits per heavy atom. The number of nitrogens with zero attached hydrogens (tertiary/aromatic N) is 2. The minimum Gasteiger partial charge on any atom is -0.455 e. The first kappa shape index (κ1) is 23.1. The predicted molar refractivity (Wildman–Crippen MR) is 111 cm³/mol. The molecule has 1 aliphatic heterocycles. The molecule has 1 heterocycles. The van der Waals surface area contributed by atoms with Crippen LogP contribution in [0.5, 0.6) is 0 Å². The van der Waals surface area contributed by atoms with Gasteiger partial charge in [-0.3, -0.25) is 9.59 Å². The van der Waals surface area contributed by atoms with Gasteiger partial charge in [-0.1, -0.05) is 30.7 Å². The van der Waals surface area contributed by atoms with Crippen LogP contribution in [0.1, 0.15) is 38.7 Å². The highest BCUT2D eigenvalue weighted by Crippen LogP contribution is 2.21. The highest BCUT2D eigenvalue weighted by molar-refractivity contribution is 7.89. The number of rotatable bonds is 9. The van der Waals surface area contributed by atoms with Crippen molar-refractivity contribution in [1.29, 1.82) is 0 Å². The average Bonchev–Trinajstić information content (AvgIpc) is 2.71. The molecule has 29 heavy (non-hydrogen) atoms. The zero-order chi connectivity index (χ0) is 21.4. The molecule has 0 radical (unpaired) electrons. The number of carbonyl (C=O) groups is 2. The Bertz CT molecular complexity index is 827. The highest BCUT2D eigenvalue weighted by atomic mass is 32.2. The molecule has 1 aromatic carbocycles. The van der Waals surface area contributed by atoms with Crippen molar-refractivity contribution in [3.05, 3.63) is 42.0 Å². The Morgan fingerprint density at radius 2 is 1.76 bits per heavy atom. The number of hydrogen-bond donors (Lipinski definition) is 0. The lowest BCUT2D eigenvalue weighted by Crippen LogP contribution is -2.35. The number of hydrogen-bond acceptors (Lipinski definition) is 5. The second-order valence-electron chi connectivity index (χ2n) is 7.31. The van der Waals surface area contributed by atoms with Crippen molar-refractivity contribution < 1.29 is 22.7 Å². The summed E-state index contributed by atoms with van der Waals surface area (Å²) in [5, 5.41) is 0. The number of amides is 1. The van der Waals surface area contributed by atoms with E-state index in [1.165, 1.54) is 16.4 Å². The highest BCUT2D eigenvalue weighted by Gasteiger charge is 2.25. The van der Waals surface area contributed by atoms with Crippen molar-refractivity contribution in [2.24, 2.45) is 0 Å². The zero-order valence-corrected chi connectivity index (χ0v) is 18.0. The number of ether oxygens (including phenoxy) is 1. The number of carbonyl (C=O) groups excluding carboxylic acids is 2. The van der Waals surface area contributed by atoms with Gasteiger partial charge in [0, 0.05) is 26.2 Å². The summed E-state index contributed by atoms with van der Waals surface area (Å²) in [5.41, 5.74) is 1.49. The second-order valence-corrected chi connectivity index (χ2v) is 9.25. The molecule has 0 N–H and O–H groups in total. The van der Waals surface area contributed by atoms with Crippen LogP contribution in [-0.4, -0.2) is 62.3 Å². The van der Waals surface area contributed by atoms with E-state index >= 15 is 0 Å². The third-order valence-corrected chi connectivity index (χ3v) is 6.69. The summed E-state index contributed by atoms with van der Waals surface area (Å²) in [4.78, 5) is 25.9. The molecule has 1 aliphatic rings. The fourth-order valence-electron chi connectivity index (χ4n) is 3.19. The number of piperidine rings is 1. The van der Waals surface area contributed by atoms with Crippen molar-refractivity contribution in [1.82, 2.24) is 9.21 Å². The van der Waals surface area contributed by atoms with Crippen molar-refractivity contribution in [2.45, 2.75) is 44.4 Å². The minimum atomic E-state index is -3.49. The lowest BCUT2D eigenvalue weighted by atomic mass is 10.1. The standard InChI is InChI=1S/C21H30N2O5S/c1-4-22(15-17(2)3)20(24)16-28-21(25)14-18-8-10-19(11-9-18)29(26,27)23-12-6-5-7-13-23/h8-11H,2,4-7,12-16H2,1,3H3.